The molecule has 2 heterocycles. The molecule has 46 heavy (non-hydrogen) atoms. The molecule has 0 radical (unpaired) electrons. The monoisotopic (exact) mass is 632 g/mol. The zero-order valence-corrected chi connectivity index (χ0v) is 28.1. The molecule has 1 aromatic rings. The van der Waals surface area contributed by atoms with Crippen molar-refractivity contribution < 1.29 is 24.2 Å². The summed E-state index contributed by atoms with van der Waals surface area (Å²) in [5.41, 5.74) is 1.70. The molecule has 0 aromatic heterocycles. The number of phenols is 1. The second-order valence-corrected chi connectivity index (χ2v) is 15.6. The van der Waals surface area contributed by atoms with Crippen LogP contribution >= 0.6 is 0 Å². The number of hydrogen-bond donors (Lipinski definition) is 1. The van der Waals surface area contributed by atoms with Crippen molar-refractivity contribution in [1.29, 1.82) is 0 Å². The van der Waals surface area contributed by atoms with E-state index in [0.717, 1.165) is 75.2 Å². The van der Waals surface area contributed by atoms with E-state index in [9.17, 15) is 14.7 Å². The molecule has 7 rings (SSSR count). The van der Waals surface area contributed by atoms with Crippen molar-refractivity contribution >= 4 is 11.9 Å². The molecule has 1 spiro atoms. The van der Waals surface area contributed by atoms with Crippen LogP contribution in [0.3, 0.4) is 0 Å². The minimum atomic E-state index is -0.420. The Hall–Kier alpha value is -2.54. The van der Waals surface area contributed by atoms with Crippen LogP contribution in [0.1, 0.15) is 127 Å². The minimum Gasteiger partial charge on any atom is -0.508 e. The Morgan fingerprint density at radius 3 is 2.52 bits per heavy atom. The lowest BCUT2D eigenvalue weighted by molar-refractivity contribution is -0.144. The van der Waals surface area contributed by atoms with Gasteiger partial charge in [-0.1, -0.05) is 70.3 Å². The van der Waals surface area contributed by atoms with E-state index in [1.165, 1.54) is 77.6 Å². The van der Waals surface area contributed by atoms with E-state index in [4.69, 9.17) is 9.47 Å². The predicted octanol–water partition coefficient (Wildman–Crippen LogP) is 7.46. The lowest BCUT2D eigenvalue weighted by Gasteiger charge is -2.60. The second-order valence-electron chi connectivity index (χ2n) is 15.6. The summed E-state index contributed by atoms with van der Waals surface area (Å²) < 4.78 is 12.8. The van der Waals surface area contributed by atoms with Crippen molar-refractivity contribution in [3.05, 3.63) is 29.8 Å². The van der Waals surface area contributed by atoms with Crippen LogP contribution in [0.2, 0.25) is 0 Å². The van der Waals surface area contributed by atoms with Crippen molar-refractivity contribution in [3.8, 4) is 17.2 Å². The van der Waals surface area contributed by atoms with Gasteiger partial charge in [0.2, 0.25) is 5.91 Å². The Labute approximate surface area is 276 Å². The number of carbonyl (C=O) groups is 2. The number of benzene rings is 1. The normalized spacial score (nSPS) is 30.7. The molecule has 7 nitrogen and oxygen atoms in total. The fourth-order valence-corrected chi connectivity index (χ4v) is 11.0. The van der Waals surface area contributed by atoms with Gasteiger partial charge in [0, 0.05) is 55.1 Å². The van der Waals surface area contributed by atoms with E-state index >= 15 is 0 Å². The number of amides is 1. The largest absolute Gasteiger partial charge is 0.508 e. The molecule has 1 N–H and O–H groups in total. The Balaban J connectivity index is 1.20. The number of esters is 1. The molecule has 3 saturated carbocycles. The number of aromatic hydroxyl groups is 1. The van der Waals surface area contributed by atoms with Gasteiger partial charge in [-0.05, 0) is 69.2 Å². The van der Waals surface area contributed by atoms with E-state index in [1.54, 1.807) is 6.07 Å². The Morgan fingerprint density at radius 1 is 1.07 bits per heavy atom. The number of likely N-dealkylation sites (tertiary alicyclic amines) is 1. The van der Waals surface area contributed by atoms with Crippen molar-refractivity contribution in [1.82, 2.24) is 9.80 Å². The van der Waals surface area contributed by atoms with Crippen LogP contribution in [0.5, 0.6) is 17.2 Å². The number of unbranched alkanes of at least 4 members (excludes halogenated alkanes) is 1. The molecule has 4 fully saturated rings. The van der Waals surface area contributed by atoms with E-state index < -0.39 is 5.97 Å². The quantitative estimate of drug-likeness (QED) is 0.118. The third-order valence-electron chi connectivity index (χ3n) is 13.0. The fourth-order valence-electron chi connectivity index (χ4n) is 11.0. The molecular formula is C39H56N2O5. The lowest BCUT2D eigenvalue weighted by Crippen LogP contribution is -2.69. The molecule has 7 heteroatoms. The van der Waals surface area contributed by atoms with E-state index in [0.29, 0.717) is 35.7 Å². The van der Waals surface area contributed by atoms with Crippen molar-refractivity contribution in [2.75, 3.05) is 19.6 Å². The molecule has 6 aliphatic rings. The van der Waals surface area contributed by atoms with Crippen molar-refractivity contribution in [3.63, 3.8) is 0 Å². The SMILES string of the molecule is C=CCN1CC[C@]23c4c5c(O)cc(OC(C)=O)c4O[C@H]2[C@H](N(CC2CCCCC2)C(=O)CCCCC2CCCCC2)CC[C@H]3[C@H]1C5. The fraction of sp³-hybridized carbons (Fsp3) is 0.744. The van der Waals surface area contributed by atoms with Crippen LogP contribution < -0.4 is 9.47 Å². The summed E-state index contributed by atoms with van der Waals surface area (Å²) in [4.78, 5) is 31.4. The van der Waals surface area contributed by atoms with Gasteiger partial charge in [0.15, 0.2) is 11.5 Å². The Kier molecular flexibility index (Phi) is 9.42. The topological polar surface area (TPSA) is 79.3 Å². The molecule has 4 aliphatic carbocycles. The zero-order chi connectivity index (χ0) is 31.8. The molecule has 2 aliphatic heterocycles. The summed E-state index contributed by atoms with van der Waals surface area (Å²) >= 11 is 0. The number of ether oxygens (including phenoxy) is 2. The van der Waals surface area contributed by atoms with Crippen LogP contribution in [0.4, 0.5) is 0 Å². The van der Waals surface area contributed by atoms with Crippen LogP contribution in [-0.2, 0) is 21.4 Å². The summed E-state index contributed by atoms with van der Waals surface area (Å²) in [6.07, 6.45) is 22.5. The molecule has 0 unspecified atom stereocenters. The third-order valence-corrected chi connectivity index (χ3v) is 13.0. The summed E-state index contributed by atoms with van der Waals surface area (Å²) in [6, 6.07) is 1.84. The maximum Gasteiger partial charge on any atom is 0.308 e. The molecule has 1 aromatic carbocycles. The first kappa shape index (κ1) is 32.0. The van der Waals surface area contributed by atoms with Gasteiger partial charge >= 0.3 is 5.97 Å². The van der Waals surface area contributed by atoms with Crippen LogP contribution in [0.25, 0.3) is 0 Å². The number of piperidine rings is 1. The zero-order valence-electron chi connectivity index (χ0n) is 28.1. The molecule has 1 amide bonds. The van der Waals surface area contributed by atoms with E-state index in [-0.39, 0.29) is 29.4 Å². The highest BCUT2D eigenvalue weighted by atomic mass is 16.6. The second kappa shape index (κ2) is 13.5. The van der Waals surface area contributed by atoms with E-state index in [1.807, 2.05) is 6.08 Å². The van der Waals surface area contributed by atoms with Crippen LogP contribution in [-0.4, -0.2) is 64.6 Å². The number of rotatable bonds is 11. The van der Waals surface area contributed by atoms with Gasteiger partial charge in [-0.3, -0.25) is 14.5 Å². The number of hydrogen-bond acceptors (Lipinski definition) is 6. The highest BCUT2D eigenvalue weighted by Gasteiger charge is 2.67. The number of carbonyl (C=O) groups excluding carboxylic acids is 2. The van der Waals surface area contributed by atoms with Gasteiger partial charge in [-0.2, -0.15) is 0 Å². The lowest BCUT2D eigenvalue weighted by atomic mass is 9.50. The first-order chi connectivity index (χ1) is 22.4. The van der Waals surface area contributed by atoms with Crippen molar-refractivity contribution in [2.24, 2.45) is 17.8 Å². The average Bonchev–Trinajstić information content (AvgIpc) is 3.40. The molecular weight excluding hydrogens is 576 g/mol. The first-order valence-corrected chi connectivity index (χ1v) is 18.8. The van der Waals surface area contributed by atoms with Gasteiger partial charge in [0.1, 0.15) is 11.9 Å². The number of nitrogens with zero attached hydrogens (tertiary/aromatic N) is 2. The minimum absolute atomic E-state index is 0.0266. The Bertz CT molecular complexity index is 1300. The smallest absolute Gasteiger partial charge is 0.308 e. The maximum absolute atomic E-state index is 14.4. The summed E-state index contributed by atoms with van der Waals surface area (Å²) in [5.74, 6) is 2.78. The summed E-state index contributed by atoms with van der Waals surface area (Å²) in [5, 5.41) is 11.4. The van der Waals surface area contributed by atoms with Crippen LogP contribution in [0.15, 0.2) is 18.7 Å². The van der Waals surface area contributed by atoms with Gasteiger partial charge in [0.05, 0.1) is 6.04 Å². The predicted molar refractivity (Wildman–Crippen MR) is 179 cm³/mol. The molecule has 252 valence electrons. The molecule has 2 bridgehead atoms. The molecule has 5 atom stereocenters. The number of phenolic OH excluding ortho intramolecular Hbond substituents is 1. The van der Waals surface area contributed by atoms with Crippen LogP contribution in [0, 0.1) is 17.8 Å². The third kappa shape index (κ3) is 5.77. The van der Waals surface area contributed by atoms with E-state index in [2.05, 4.69) is 16.4 Å². The summed E-state index contributed by atoms with van der Waals surface area (Å²) in [6.45, 7) is 8.02. The highest BCUT2D eigenvalue weighted by molar-refractivity contribution is 5.77. The first-order valence-electron chi connectivity index (χ1n) is 18.8. The summed E-state index contributed by atoms with van der Waals surface area (Å²) in [7, 11) is 0. The van der Waals surface area contributed by atoms with Crippen molar-refractivity contribution in [2.45, 2.75) is 146 Å². The highest BCUT2D eigenvalue weighted by Crippen LogP contribution is 2.65. The maximum atomic E-state index is 14.4. The van der Waals surface area contributed by atoms with Gasteiger partial charge in [-0.25, -0.2) is 0 Å². The van der Waals surface area contributed by atoms with Gasteiger partial charge in [-0.15, -0.1) is 6.58 Å². The Morgan fingerprint density at radius 2 is 1.80 bits per heavy atom. The average molecular weight is 633 g/mol. The molecule has 1 saturated heterocycles. The van der Waals surface area contributed by atoms with Gasteiger partial charge < -0.3 is 19.5 Å². The van der Waals surface area contributed by atoms with Gasteiger partial charge in [0.25, 0.3) is 0 Å². The standard InChI is InChI=1S/C39H56N2O5/c1-3-21-40-22-20-39-30-18-19-31(38(39)46-37-34(45-26(2)42)24-33(43)29(36(37)39)23-32(30)40)41(25-28-15-8-5-9-16-28)35(44)17-11-10-14-27-12-6-4-7-13-27/h3,24,27-28,30-32,38,43H,1,4-23,25H2,2H3/t30-,31+,32+,38-,39-/m0/s1.